The lowest BCUT2D eigenvalue weighted by atomic mass is 10.1. The Balaban J connectivity index is 1.97. The van der Waals surface area contributed by atoms with Crippen LogP contribution >= 0.6 is 0 Å². The first-order chi connectivity index (χ1) is 11.1. The largest absolute Gasteiger partial charge is 0.481 e. The summed E-state index contributed by atoms with van der Waals surface area (Å²) in [6.45, 7) is 0. The Morgan fingerprint density at radius 2 is 1.83 bits per heavy atom. The number of anilines is 1. The molecule has 0 saturated heterocycles. The number of nitrogens with zero attached hydrogens (tertiary/aromatic N) is 1. The standard InChI is InChI=1S/C17H14N2O4/c18-19(13-7-2-1-3-8-13)17(22)14-9-11-5-4-6-12(10-15(20)21)16(11)23-14/h1-9H,10,18H2,(H,20,21). The van der Waals surface area contributed by atoms with Gasteiger partial charge in [0, 0.05) is 10.9 Å². The minimum Gasteiger partial charge on any atom is -0.481 e. The maximum absolute atomic E-state index is 12.4. The molecule has 1 amide bonds. The summed E-state index contributed by atoms with van der Waals surface area (Å²) in [6, 6.07) is 15.5. The second kappa shape index (κ2) is 5.94. The lowest BCUT2D eigenvalue weighted by Crippen LogP contribution is -2.37. The van der Waals surface area contributed by atoms with Crippen LogP contribution in [0.15, 0.2) is 59.0 Å². The molecule has 0 unspecified atom stereocenters. The van der Waals surface area contributed by atoms with Gasteiger partial charge in [-0.05, 0) is 18.2 Å². The van der Waals surface area contributed by atoms with Crippen LogP contribution in [0.1, 0.15) is 16.1 Å². The molecule has 1 heterocycles. The molecule has 0 atom stereocenters. The Kier molecular flexibility index (Phi) is 3.82. The zero-order valence-electron chi connectivity index (χ0n) is 12.1. The van der Waals surface area contributed by atoms with E-state index < -0.39 is 11.9 Å². The number of benzene rings is 2. The van der Waals surface area contributed by atoms with E-state index in [-0.39, 0.29) is 12.2 Å². The Morgan fingerprint density at radius 3 is 2.52 bits per heavy atom. The van der Waals surface area contributed by atoms with Crippen molar-refractivity contribution in [2.45, 2.75) is 6.42 Å². The van der Waals surface area contributed by atoms with E-state index in [1.54, 1.807) is 48.5 Å². The van der Waals surface area contributed by atoms with E-state index in [1.807, 2.05) is 6.07 Å². The molecule has 3 aromatic rings. The van der Waals surface area contributed by atoms with Crippen LogP contribution < -0.4 is 10.9 Å². The number of nitrogens with two attached hydrogens (primary N) is 1. The number of hydrazine groups is 1. The fraction of sp³-hybridized carbons (Fsp3) is 0.0588. The zero-order valence-corrected chi connectivity index (χ0v) is 12.1. The summed E-state index contributed by atoms with van der Waals surface area (Å²) in [5, 5.41) is 10.6. The first kappa shape index (κ1) is 14.8. The minimum absolute atomic E-state index is 0.0594. The van der Waals surface area contributed by atoms with Crippen molar-refractivity contribution in [1.29, 1.82) is 0 Å². The fourth-order valence-electron chi connectivity index (χ4n) is 2.36. The first-order valence-corrected chi connectivity index (χ1v) is 6.93. The van der Waals surface area contributed by atoms with Crippen LogP contribution in [0.4, 0.5) is 5.69 Å². The molecule has 2 aromatic carbocycles. The van der Waals surface area contributed by atoms with Crippen molar-refractivity contribution >= 4 is 28.5 Å². The molecule has 3 rings (SSSR count). The van der Waals surface area contributed by atoms with Crippen molar-refractivity contribution in [2.75, 3.05) is 5.01 Å². The molecule has 0 bridgehead atoms. The lowest BCUT2D eigenvalue weighted by Gasteiger charge is -2.14. The van der Waals surface area contributed by atoms with E-state index in [0.717, 1.165) is 5.01 Å². The van der Waals surface area contributed by atoms with E-state index in [2.05, 4.69) is 0 Å². The van der Waals surface area contributed by atoms with Crippen LogP contribution in [0, 0.1) is 0 Å². The number of carboxylic acid groups (broad SMARTS) is 1. The minimum atomic E-state index is -0.966. The summed E-state index contributed by atoms with van der Waals surface area (Å²) < 4.78 is 5.57. The average Bonchev–Trinajstić information content (AvgIpc) is 2.99. The SMILES string of the molecule is NN(C(=O)c1cc2cccc(CC(=O)O)c2o1)c1ccccc1. The van der Waals surface area contributed by atoms with Gasteiger partial charge in [0.2, 0.25) is 0 Å². The van der Waals surface area contributed by atoms with Crippen molar-refractivity contribution in [3.8, 4) is 0 Å². The predicted molar refractivity (Wildman–Crippen MR) is 85.0 cm³/mol. The molecule has 3 N–H and O–H groups in total. The van der Waals surface area contributed by atoms with E-state index in [1.165, 1.54) is 0 Å². The van der Waals surface area contributed by atoms with Crippen LogP contribution in [-0.4, -0.2) is 17.0 Å². The number of aliphatic carboxylic acids is 1. The predicted octanol–water partition coefficient (Wildman–Crippen LogP) is 2.58. The topological polar surface area (TPSA) is 96.8 Å². The number of carboxylic acids is 1. The number of fused-ring (bicyclic) bond motifs is 1. The normalized spacial score (nSPS) is 10.7. The average molecular weight is 310 g/mol. The van der Waals surface area contributed by atoms with Gasteiger partial charge in [0.1, 0.15) is 5.58 Å². The van der Waals surface area contributed by atoms with Crippen molar-refractivity contribution in [3.63, 3.8) is 0 Å². The highest BCUT2D eigenvalue weighted by molar-refractivity contribution is 6.05. The third-order valence-electron chi connectivity index (χ3n) is 3.43. The number of carbonyl (C=O) groups is 2. The van der Waals surface area contributed by atoms with Crippen molar-refractivity contribution < 1.29 is 19.1 Å². The van der Waals surface area contributed by atoms with Gasteiger partial charge in [0.05, 0.1) is 12.1 Å². The van der Waals surface area contributed by atoms with Crippen LogP contribution in [0.5, 0.6) is 0 Å². The molecule has 0 aliphatic rings. The van der Waals surface area contributed by atoms with Crippen LogP contribution in [0.25, 0.3) is 11.0 Å². The number of para-hydroxylation sites is 2. The molecular formula is C17H14N2O4. The number of amides is 1. The van der Waals surface area contributed by atoms with Gasteiger partial charge < -0.3 is 9.52 Å². The van der Waals surface area contributed by atoms with Crippen LogP contribution in [0.3, 0.4) is 0 Å². The summed E-state index contributed by atoms with van der Waals surface area (Å²) in [4.78, 5) is 23.3. The number of hydrogen-bond acceptors (Lipinski definition) is 4. The van der Waals surface area contributed by atoms with E-state index >= 15 is 0 Å². The molecule has 1 aromatic heterocycles. The molecule has 23 heavy (non-hydrogen) atoms. The maximum Gasteiger partial charge on any atom is 0.308 e. The van der Waals surface area contributed by atoms with Gasteiger partial charge in [-0.3, -0.25) is 9.59 Å². The quantitative estimate of drug-likeness (QED) is 0.438. The molecule has 6 heteroatoms. The van der Waals surface area contributed by atoms with Crippen molar-refractivity contribution in [2.24, 2.45) is 5.84 Å². The Labute approximate surface area is 131 Å². The second-order valence-corrected chi connectivity index (χ2v) is 5.03. The third-order valence-corrected chi connectivity index (χ3v) is 3.43. The highest BCUT2D eigenvalue weighted by Gasteiger charge is 2.20. The molecule has 0 saturated carbocycles. The summed E-state index contributed by atoms with van der Waals surface area (Å²) in [7, 11) is 0. The Hall–Kier alpha value is -3.12. The summed E-state index contributed by atoms with van der Waals surface area (Å²) in [5.74, 6) is 4.43. The monoisotopic (exact) mass is 310 g/mol. The van der Waals surface area contributed by atoms with Gasteiger partial charge in [-0.25, -0.2) is 10.9 Å². The highest BCUT2D eigenvalue weighted by Crippen LogP contribution is 2.25. The van der Waals surface area contributed by atoms with Gasteiger partial charge in [-0.1, -0.05) is 36.4 Å². The molecule has 0 spiro atoms. The molecule has 0 aliphatic heterocycles. The number of hydrogen-bond donors (Lipinski definition) is 2. The molecule has 0 fully saturated rings. The van der Waals surface area contributed by atoms with Gasteiger partial charge in [-0.15, -0.1) is 0 Å². The number of rotatable bonds is 4. The molecule has 116 valence electrons. The maximum atomic E-state index is 12.4. The second-order valence-electron chi connectivity index (χ2n) is 5.03. The number of furan rings is 1. The summed E-state index contributed by atoms with van der Waals surface area (Å²) in [6.07, 6.45) is -0.177. The molecule has 6 nitrogen and oxygen atoms in total. The van der Waals surface area contributed by atoms with E-state index in [4.69, 9.17) is 15.4 Å². The highest BCUT2D eigenvalue weighted by atomic mass is 16.4. The molecular weight excluding hydrogens is 296 g/mol. The lowest BCUT2D eigenvalue weighted by molar-refractivity contribution is -0.136. The summed E-state index contributed by atoms with van der Waals surface area (Å²) in [5.41, 5.74) is 1.43. The van der Waals surface area contributed by atoms with Gasteiger partial charge in [0.15, 0.2) is 5.76 Å². The summed E-state index contributed by atoms with van der Waals surface area (Å²) >= 11 is 0. The molecule has 0 aliphatic carbocycles. The molecule has 0 radical (unpaired) electrons. The van der Waals surface area contributed by atoms with E-state index in [9.17, 15) is 9.59 Å². The van der Waals surface area contributed by atoms with Crippen molar-refractivity contribution in [1.82, 2.24) is 0 Å². The van der Waals surface area contributed by atoms with Gasteiger partial charge in [0.25, 0.3) is 0 Å². The Morgan fingerprint density at radius 1 is 1.09 bits per heavy atom. The van der Waals surface area contributed by atoms with Crippen LogP contribution in [0.2, 0.25) is 0 Å². The third kappa shape index (κ3) is 2.93. The van der Waals surface area contributed by atoms with Crippen LogP contribution in [-0.2, 0) is 11.2 Å². The number of carbonyl (C=O) groups excluding carboxylic acids is 1. The van der Waals surface area contributed by atoms with Gasteiger partial charge in [-0.2, -0.15) is 0 Å². The Bertz CT molecular complexity index is 871. The smallest absolute Gasteiger partial charge is 0.308 e. The van der Waals surface area contributed by atoms with Gasteiger partial charge >= 0.3 is 11.9 Å². The first-order valence-electron chi connectivity index (χ1n) is 6.93. The van der Waals surface area contributed by atoms with Crippen molar-refractivity contribution in [3.05, 3.63) is 65.9 Å². The van der Waals surface area contributed by atoms with E-state index in [0.29, 0.717) is 22.2 Å². The zero-order chi connectivity index (χ0) is 16.4. The fourth-order valence-corrected chi connectivity index (χ4v) is 2.36.